The first-order chi connectivity index (χ1) is 16.8. The summed E-state index contributed by atoms with van der Waals surface area (Å²) in [5, 5.41) is 9.14. The molecule has 8 nitrogen and oxygen atoms in total. The first-order valence-electron chi connectivity index (χ1n) is 11.1. The van der Waals surface area contributed by atoms with E-state index < -0.39 is 27.8 Å². The number of carboxylic acids is 1. The van der Waals surface area contributed by atoms with Gasteiger partial charge in [0.25, 0.3) is 10.0 Å². The number of rotatable bonds is 9. The van der Waals surface area contributed by atoms with Crippen molar-refractivity contribution < 1.29 is 32.6 Å². The molecule has 1 amide bonds. The molecule has 0 fully saturated rings. The lowest BCUT2D eigenvalue weighted by Crippen LogP contribution is -2.35. The number of ether oxygens (including phenoxy) is 2. The predicted octanol–water partition coefficient (Wildman–Crippen LogP) is 3.90. The van der Waals surface area contributed by atoms with E-state index in [9.17, 15) is 18.0 Å². The first kappa shape index (κ1) is 24.3. The van der Waals surface area contributed by atoms with Crippen molar-refractivity contribution >= 4 is 21.9 Å². The minimum atomic E-state index is -4.10. The van der Waals surface area contributed by atoms with E-state index in [1.54, 1.807) is 42.5 Å². The molecule has 1 atom stereocenters. The monoisotopic (exact) mass is 495 g/mol. The number of amides is 1. The van der Waals surface area contributed by atoms with Crippen molar-refractivity contribution in [2.45, 2.75) is 37.0 Å². The number of carbonyl (C=O) groups excluding carboxylic acids is 1. The van der Waals surface area contributed by atoms with Crippen molar-refractivity contribution in [1.82, 2.24) is 4.72 Å². The Bertz CT molecular complexity index is 1330. The molecule has 1 heterocycles. The molecule has 4 rings (SSSR count). The summed E-state index contributed by atoms with van der Waals surface area (Å²) in [6, 6.07) is 17.6. The van der Waals surface area contributed by atoms with Gasteiger partial charge in [-0.15, -0.1) is 0 Å². The molecule has 0 aliphatic carbocycles. The van der Waals surface area contributed by atoms with Crippen LogP contribution in [0.5, 0.6) is 11.5 Å². The van der Waals surface area contributed by atoms with Crippen LogP contribution in [0.3, 0.4) is 0 Å². The van der Waals surface area contributed by atoms with Gasteiger partial charge in [0.05, 0.1) is 16.4 Å². The van der Waals surface area contributed by atoms with Gasteiger partial charge < -0.3 is 14.6 Å². The first-order valence-corrected chi connectivity index (χ1v) is 12.6. The van der Waals surface area contributed by atoms with Gasteiger partial charge in [-0.25, -0.2) is 17.9 Å². The molecule has 1 aliphatic heterocycles. The average Bonchev–Trinajstić information content (AvgIpc) is 3.31. The van der Waals surface area contributed by atoms with Crippen LogP contribution >= 0.6 is 0 Å². The number of carboxylic acid groups (broad SMARTS) is 1. The zero-order chi connectivity index (χ0) is 25.0. The third-order valence-electron chi connectivity index (χ3n) is 5.76. The Hall–Kier alpha value is -3.85. The molecule has 1 unspecified atom stereocenters. The Morgan fingerprint density at radius 3 is 2.26 bits per heavy atom. The second kappa shape index (κ2) is 10.2. The Balaban J connectivity index is 1.61. The fourth-order valence-electron chi connectivity index (χ4n) is 3.90. The lowest BCUT2D eigenvalue weighted by atomic mass is 9.91. The van der Waals surface area contributed by atoms with Gasteiger partial charge in [0.1, 0.15) is 0 Å². The van der Waals surface area contributed by atoms with Gasteiger partial charge in [0.15, 0.2) is 11.5 Å². The van der Waals surface area contributed by atoms with Gasteiger partial charge in [-0.3, -0.25) is 4.79 Å². The molecular formula is C26H25NO7S. The van der Waals surface area contributed by atoms with Crippen LogP contribution in [0.2, 0.25) is 0 Å². The van der Waals surface area contributed by atoms with Crippen LogP contribution in [0, 0.1) is 0 Å². The lowest BCUT2D eigenvalue weighted by Gasteiger charge is -2.18. The molecule has 0 aromatic heterocycles. The maximum absolute atomic E-state index is 13.3. The highest BCUT2D eigenvalue weighted by atomic mass is 32.2. The van der Waals surface area contributed by atoms with Crippen LogP contribution < -0.4 is 14.2 Å². The van der Waals surface area contributed by atoms with E-state index in [0.717, 1.165) is 18.4 Å². The molecule has 2 N–H and O–H groups in total. The second-order valence-electron chi connectivity index (χ2n) is 8.24. The maximum atomic E-state index is 13.3. The van der Waals surface area contributed by atoms with E-state index in [1.807, 2.05) is 6.92 Å². The molecule has 35 heavy (non-hydrogen) atoms. The Morgan fingerprint density at radius 2 is 1.60 bits per heavy atom. The molecule has 182 valence electrons. The van der Waals surface area contributed by atoms with Gasteiger partial charge in [0, 0.05) is 0 Å². The molecule has 1 aliphatic rings. The number of aryl methyl sites for hydroxylation is 1. The van der Waals surface area contributed by atoms with Crippen LogP contribution in [0.15, 0.2) is 71.6 Å². The minimum absolute atomic E-state index is 0.000880. The molecular weight excluding hydrogens is 470 g/mol. The molecule has 3 aromatic carbocycles. The van der Waals surface area contributed by atoms with Gasteiger partial charge >= 0.3 is 5.97 Å². The SMILES string of the molecule is CCCc1ccc(S(=O)(=O)NC(=O)C(Cc2ccc(C(=O)O)cc2)c2ccc3c(c2)OCO3)cc1. The topological polar surface area (TPSA) is 119 Å². The summed E-state index contributed by atoms with van der Waals surface area (Å²) in [4.78, 5) is 24.5. The normalized spacial score (nSPS) is 13.3. The predicted molar refractivity (Wildman–Crippen MR) is 128 cm³/mol. The van der Waals surface area contributed by atoms with Crippen LogP contribution in [0.25, 0.3) is 0 Å². The summed E-state index contributed by atoms with van der Waals surface area (Å²) in [7, 11) is -4.10. The number of hydrogen-bond donors (Lipinski definition) is 2. The van der Waals surface area contributed by atoms with Crippen molar-refractivity contribution in [2.75, 3.05) is 6.79 Å². The van der Waals surface area contributed by atoms with Crippen molar-refractivity contribution in [3.05, 3.63) is 89.0 Å². The summed E-state index contributed by atoms with van der Waals surface area (Å²) in [6.45, 7) is 2.10. The smallest absolute Gasteiger partial charge is 0.335 e. The number of carbonyl (C=O) groups is 2. The van der Waals surface area contributed by atoms with Gasteiger partial charge in [-0.1, -0.05) is 43.7 Å². The van der Waals surface area contributed by atoms with E-state index in [0.29, 0.717) is 22.6 Å². The maximum Gasteiger partial charge on any atom is 0.335 e. The largest absolute Gasteiger partial charge is 0.478 e. The van der Waals surface area contributed by atoms with Crippen molar-refractivity contribution in [2.24, 2.45) is 0 Å². The Labute approximate surface area is 203 Å². The molecule has 0 radical (unpaired) electrons. The highest BCUT2D eigenvalue weighted by Crippen LogP contribution is 2.35. The average molecular weight is 496 g/mol. The second-order valence-corrected chi connectivity index (χ2v) is 9.92. The standard InChI is InChI=1S/C26H25NO7S/c1-2-3-17-6-11-21(12-7-17)35(31,32)27-25(28)22(14-18-4-8-19(9-5-18)26(29)30)20-10-13-23-24(15-20)34-16-33-23/h4-13,15,22H,2-3,14,16H2,1H3,(H,27,28)(H,29,30). The highest BCUT2D eigenvalue weighted by Gasteiger charge is 2.28. The summed E-state index contributed by atoms with van der Waals surface area (Å²) in [5.74, 6) is -1.63. The number of nitrogens with one attached hydrogen (secondary N) is 1. The van der Waals surface area contributed by atoms with E-state index in [4.69, 9.17) is 14.6 Å². The highest BCUT2D eigenvalue weighted by molar-refractivity contribution is 7.90. The van der Waals surface area contributed by atoms with Crippen LogP contribution in [-0.2, 0) is 27.7 Å². The van der Waals surface area contributed by atoms with Gasteiger partial charge in [-0.2, -0.15) is 0 Å². The van der Waals surface area contributed by atoms with E-state index in [2.05, 4.69) is 4.72 Å². The lowest BCUT2D eigenvalue weighted by molar-refractivity contribution is -0.120. The number of aromatic carboxylic acids is 1. The number of benzene rings is 3. The molecule has 0 bridgehead atoms. The summed E-state index contributed by atoms with van der Waals surface area (Å²) < 4.78 is 38.9. The van der Waals surface area contributed by atoms with E-state index in [1.165, 1.54) is 24.3 Å². The third-order valence-corrected chi connectivity index (χ3v) is 7.13. The van der Waals surface area contributed by atoms with Crippen LogP contribution in [-0.4, -0.2) is 32.2 Å². The van der Waals surface area contributed by atoms with Gasteiger partial charge in [0.2, 0.25) is 12.7 Å². The number of sulfonamides is 1. The van der Waals surface area contributed by atoms with Crippen LogP contribution in [0.4, 0.5) is 0 Å². The quantitative estimate of drug-likeness (QED) is 0.462. The summed E-state index contributed by atoms with van der Waals surface area (Å²) in [6.07, 6.45) is 1.92. The van der Waals surface area contributed by atoms with Crippen molar-refractivity contribution in [1.29, 1.82) is 0 Å². The number of hydrogen-bond acceptors (Lipinski definition) is 6. The Morgan fingerprint density at radius 1 is 0.943 bits per heavy atom. The van der Waals surface area contributed by atoms with E-state index >= 15 is 0 Å². The van der Waals surface area contributed by atoms with Crippen molar-refractivity contribution in [3.8, 4) is 11.5 Å². The summed E-state index contributed by atoms with van der Waals surface area (Å²) >= 11 is 0. The number of fused-ring (bicyclic) bond motifs is 1. The Kier molecular flexibility index (Phi) is 7.07. The molecule has 0 spiro atoms. The van der Waals surface area contributed by atoms with E-state index in [-0.39, 0.29) is 23.7 Å². The molecule has 0 saturated carbocycles. The van der Waals surface area contributed by atoms with Gasteiger partial charge in [-0.05, 0) is 65.9 Å². The zero-order valence-electron chi connectivity index (χ0n) is 19.1. The van der Waals surface area contributed by atoms with Crippen LogP contribution in [0.1, 0.15) is 46.3 Å². The zero-order valence-corrected chi connectivity index (χ0v) is 19.9. The molecule has 3 aromatic rings. The molecule has 9 heteroatoms. The third kappa shape index (κ3) is 5.63. The minimum Gasteiger partial charge on any atom is -0.478 e. The summed E-state index contributed by atoms with van der Waals surface area (Å²) in [5.41, 5.74) is 2.35. The fourth-order valence-corrected chi connectivity index (χ4v) is 4.92. The molecule has 0 saturated heterocycles. The van der Waals surface area contributed by atoms with Crippen molar-refractivity contribution in [3.63, 3.8) is 0 Å². The fraction of sp³-hybridized carbons (Fsp3) is 0.231.